The van der Waals surface area contributed by atoms with E-state index in [4.69, 9.17) is 4.74 Å². The van der Waals surface area contributed by atoms with Gasteiger partial charge < -0.3 is 4.74 Å². The van der Waals surface area contributed by atoms with Crippen LogP contribution < -0.4 is 0 Å². The van der Waals surface area contributed by atoms with E-state index >= 15 is 0 Å². The van der Waals surface area contributed by atoms with Gasteiger partial charge in [-0.15, -0.1) is 11.3 Å². The van der Waals surface area contributed by atoms with Gasteiger partial charge in [0.25, 0.3) is 0 Å². The number of ketones is 1. The molecular formula is C18H18O3S. The molecule has 1 aliphatic rings. The number of rotatable bonds is 4. The van der Waals surface area contributed by atoms with Crippen molar-refractivity contribution in [3.8, 4) is 0 Å². The van der Waals surface area contributed by atoms with Gasteiger partial charge in [-0.2, -0.15) is 0 Å². The Morgan fingerprint density at radius 3 is 2.82 bits per heavy atom. The topological polar surface area (TPSA) is 43.4 Å². The zero-order valence-corrected chi connectivity index (χ0v) is 13.3. The highest BCUT2D eigenvalue weighted by Gasteiger charge is 2.24. The lowest BCUT2D eigenvalue weighted by atomic mass is 9.88. The van der Waals surface area contributed by atoms with Gasteiger partial charge in [0.1, 0.15) is 0 Å². The molecular weight excluding hydrogens is 296 g/mol. The lowest BCUT2D eigenvalue weighted by molar-refractivity contribution is 0.0474. The van der Waals surface area contributed by atoms with Crippen molar-refractivity contribution in [2.24, 2.45) is 5.92 Å². The molecule has 3 rings (SSSR count). The van der Waals surface area contributed by atoms with Crippen molar-refractivity contribution in [1.82, 2.24) is 0 Å². The molecule has 0 aliphatic heterocycles. The second-order valence-electron chi connectivity index (χ2n) is 5.76. The van der Waals surface area contributed by atoms with E-state index < -0.39 is 0 Å². The number of carbonyl (C=O) groups is 2. The average Bonchev–Trinajstić information content (AvgIpc) is 2.96. The Bertz CT molecular complexity index is 688. The van der Waals surface area contributed by atoms with Crippen molar-refractivity contribution < 1.29 is 14.3 Å². The Morgan fingerprint density at radius 2 is 2.05 bits per heavy atom. The molecule has 22 heavy (non-hydrogen) atoms. The lowest BCUT2D eigenvalue weighted by Crippen LogP contribution is -2.16. The smallest absolute Gasteiger partial charge is 0.339 e. The number of carbonyl (C=O) groups excluding carboxylic acids is 2. The minimum Gasteiger partial charge on any atom is -0.454 e. The Labute approximate surface area is 133 Å². The minimum atomic E-state index is -0.378. The highest BCUT2D eigenvalue weighted by atomic mass is 32.1. The first-order valence-corrected chi connectivity index (χ1v) is 8.37. The van der Waals surface area contributed by atoms with Crippen LogP contribution in [0, 0.1) is 5.92 Å². The van der Waals surface area contributed by atoms with Crippen LogP contribution in [-0.4, -0.2) is 18.4 Å². The fourth-order valence-corrected chi connectivity index (χ4v) is 4.00. The van der Waals surface area contributed by atoms with Crippen molar-refractivity contribution >= 4 is 23.1 Å². The van der Waals surface area contributed by atoms with Crippen molar-refractivity contribution in [2.75, 3.05) is 6.61 Å². The number of Topliss-reactive ketones (excluding diaryl/α,β-unsaturated/α-hetero) is 1. The van der Waals surface area contributed by atoms with E-state index in [1.165, 1.54) is 4.88 Å². The number of hydrogen-bond acceptors (Lipinski definition) is 4. The summed E-state index contributed by atoms with van der Waals surface area (Å²) in [7, 11) is 0. The molecule has 0 saturated heterocycles. The molecule has 2 aromatic rings. The molecule has 1 aromatic carbocycles. The fraction of sp³-hybridized carbons (Fsp3) is 0.333. The normalized spacial score (nSPS) is 16.9. The zero-order valence-electron chi connectivity index (χ0n) is 12.5. The van der Waals surface area contributed by atoms with E-state index in [1.54, 1.807) is 35.6 Å². The van der Waals surface area contributed by atoms with Crippen molar-refractivity contribution in [1.29, 1.82) is 0 Å². The molecule has 4 heteroatoms. The van der Waals surface area contributed by atoms with Crippen LogP contribution >= 0.6 is 11.3 Å². The molecule has 114 valence electrons. The maximum absolute atomic E-state index is 12.2. The summed E-state index contributed by atoms with van der Waals surface area (Å²) < 4.78 is 5.21. The zero-order chi connectivity index (χ0) is 15.5. The molecule has 1 heterocycles. The number of esters is 1. The second-order valence-corrected chi connectivity index (χ2v) is 6.73. The number of thiophene rings is 1. The molecule has 1 aliphatic carbocycles. The molecule has 0 bridgehead atoms. The van der Waals surface area contributed by atoms with Gasteiger partial charge in [0.2, 0.25) is 0 Å². The summed E-state index contributed by atoms with van der Waals surface area (Å²) in [6, 6.07) is 8.90. The molecule has 0 N–H and O–H groups in total. The molecule has 0 saturated carbocycles. The molecule has 3 nitrogen and oxygen atoms in total. The molecule has 0 spiro atoms. The second kappa shape index (κ2) is 6.44. The Balaban J connectivity index is 1.65. The van der Waals surface area contributed by atoms with Crippen LogP contribution in [0.3, 0.4) is 0 Å². The van der Waals surface area contributed by atoms with E-state index in [0.29, 0.717) is 17.0 Å². The van der Waals surface area contributed by atoms with E-state index in [2.05, 4.69) is 6.92 Å². The number of benzene rings is 1. The van der Waals surface area contributed by atoms with Crippen LogP contribution in [0.25, 0.3) is 0 Å². The van der Waals surface area contributed by atoms with E-state index in [9.17, 15) is 9.59 Å². The standard InChI is InChI=1S/C18H18O3S/c1-12-7-8-14-15(11-22-17(14)9-12)18(20)21-10-16(19)13-5-3-2-4-6-13/h2-6,11-12H,7-10H2,1H3. The summed E-state index contributed by atoms with van der Waals surface area (Å²) >= 11 is 1.63. The molecule has 0 fully saturated rings. The van der Waals surface area contributed by atoms with E-state index in [0.717, 1.165) is 24.8 Å². The van der Waals surface area contributed by atoms with Crippen molar-refractivity contribution in [3.05, 3.63) is 57.3 Å². The average molecular weight is 314 g/mol. The fourth-order valence-electron chi connectivity index (χ4n) is 2.76. The van der Waals surface area contributed by atoms with Gasteiger partial charge in [-0.25, -0.2) is 4.79 Å². The number of ether oxygens (including phenoxy) is 1. The van der Waals surface area contributed by atoms with Gasteiger partial charge >= 0.3 is 5.97 Å². The lowest BCUT2D eigenvalue weighted by Gasteiger charge is -2.18. The van der Waals surface area contributed by atoms with Crippen LogP contribution in [0.2, 0.25) is 0 Å². The van der Waals surface area contributed by atoms with Crippen molar-refractivity contribution in [2.45, 2.75) is 26.2 Å². The molecule has 1 unspecified atom stereocenters. The largest absolute Gasteiger partial charge is 0.454 e. The van der Waals surface area contributed by atoms with Gasteiger partial charge in [0, 0.05) is 15.8 Å². The third-order valence-corrected chi connectivity index (χ3v) is 5.10. The number of fused-ring (bicyclic) bond motifs is 1. The summed E-state index contributed by atoms with van der Waals surface area (Å²) in [5.74, 6) is 0.123. The van der Waals surface area contributed by atoms with Crippen LogP contribution in [0.1, 0.15) is 44.5 Å². The van der Waals surface area contributed by atoms with Crippen LogP contribution in [0.4, 0.5) is 0 Å². The van der Waals surface area contributed by atoms with Crippen molar-refractivity contribution in [3.63, 3.8) is 0 Å². The van der Waals surface area contributed by atoms with E-state index in [1.807, 2.05) is 11.4 Å². The van der Waals surface area contributed by atoms with Gasteiger partial charge in [-0.3, -0.25) is 4.79 Å². The molecule has 1 atom stereocenters. The van der Waals surface area contributed by atoms with E-state index in [-0.39, 0.29) is 18.4 Å². The highest BCUT2D eigenvalue weighted by molar-refractivity contribution is 7.10. The molecule has 0 radical (unpaired) electrons. The Kier molecular flexibility index (Phi) is 4.39. The predicted molar refractivity (Wildman–Crippen MR) is 86.6 cm³/mol. The monoisotopic (exact) mass is 314 g/mol. The maximum atomic E-state index is 12.2. The van der Waals surface area contributed by atoms with Crippen LogP contribution in [0.5, 0.6) is 0 Å². The first-order chi connectivity index (χ1) is 10.6. The predicted octanol–water partition coefficient (Wildman–Crippen LogP) is 3.91. The quantitative estimate of drug-likeness (QED) is 0.635. The Hall–Kier alpha value is -1.94. The van der Waals surface area contributed by atoms with Gasteiger partial charge in [-0.1, -0.05) is 37.3 Å². The highest BCUT2D eigenvalue weighted by Crippen LogP contribution is 2.33. The SMILES string of the molecule is CC1CCc2c(C(=O)OCC(=O)c3ccccc3)csc2C1. The molecule has 1 aromatic heterocycles. The molecule has 0 amide bonds. The summed E-state index contributed by atoms with van der Waals surface area (Å²) in [6.07, 6.45) is 3.07. The Morgan fingerprint density at radius 1 is 1.27 bits per heavy atom. The first-order valence-electron chi connectivity index (χ1n) is 7.49. The summed E-state index contributed by atoms with van der Waals surface area (Å²) in [6.45, 7) is 2.03. The summed E-state index contributed by atoms with van der Waals surface area (Å²) in [5, 5.41) is 1.87. The minimum absolute atomic E-state index is 0.174. The maximum Gasteiger partial charge on any atom is 0.339 e. The van der Waals surface area contributed by atoms with Gasteiger partial charge in [0.15, 0.2) is 12.4 Å². The van der Waals surface area contributed by atoms with Crippen LogP contribution in [0.15, 0.2) is 35.7 Å². The first kappa shape index (κ1) is 15.0. The third kappa shape index (κ3) is 3.12. The third-order valence-electron chi connectivity index (χ3n) is 4.05. The van der Waals surface area contributed by atoms with Gasteiger partial charge in [0.05, 0.1) is 5.56 Å². The summed E-state index contributed by atoms with van der Waals surface area (Å²) in [5.41, 5.74) is 2.34. The number of hydrogen-bond donors (Lipinski definition) is 0. The summed E-state index contributed by atoms with van der Waals surface area (Å²) in [4.78, 5) is 25.5. The van der Waals surface area contributed by atoms with Gasteiger partial charge in [-0.05, 0) is 30.7 Å². The van der Waals surface area contributed by atoms with Crippen LogP contribution in [-0.2, 0) is 17.6 Å².